The second-order valence-electron chi connectivity index (χ2n) is 3.28. The summed E-state index contributed by atoms with van der Waals surface area (Å²) in [6.45, 7) is 0.360. The predicted octanol–water partition coefficient (Wildman–Crippen LogP) is 3.05. The van der Waals surface area contributed by atoms with Crippen LogP contribution in [0.1, 0.15) is 5.56 Å². The van der Waals surface area contributed by atoms with Crippen molar-refractivity contribution in [1.82, 2.24) is 9.97 Å². The Morgan fingerprint density at radius 2 is 2.06 bits per heavy atom. The third kappa shape index (κ3) is 3.08. The Labute approximate surface area is 112 Å². The van der Waals surface area contributed by atoms with Crippen LogP contribution < -0.4 is 10.5 Å². The number of nitrogens with zero attached hydrogens (tertiary/aromatic N) is 2. The van der Waals surface area contributed by atoms with Crippen LogP contribution in [0.25, 0.3) is 0 Å². The molecule has 2 aromatic rings. The molecule has 0 aliphatic carbocycles. The van der Waals surface area contributed by atoms with Crippen LogP contribution >= 0.6 is 27.5 Å². The van der Waals surface area contributed by atoms with E-state index in [9.17, 15) is 0 Å². The Hall–Kier alpha value is -1.33. The molecule has 0 bridgehead atoms. The molecule has 88 valence electrons. The van der Waals surface area contributed by atoms with Crippen molar-refractivity contribution in [2.24, 2.45) is 0 Å². The van der Waals surface area contributed by atoms with Crippen molar-refractivity contribution in [3.63, 3.8) is 0 Å². The molecular formula is C11H9BrClN3O. The molecule has 0 aliphatic heterocycles. The van der Waals surface area contributed by atoms with Crippen molar-refractivity contribution in [2.45, 2.75) is 6.61 Å². The molecule has 0 radical (unpaired) electrons. The monoisotopic (exact) mass is 313 g/mol. The molecule has 1 heterocycles. The van der Waals surface area contributed by atoms with E-state index >= 15 is 0 Å². The summed E-state index contributed by atoms with van der Waals surface area (Å²) in [7, 11) is 0. The van der Waals surface area contributed by atoms with Gasteiger partial charge in [-0.15, -0.1) is 0 Å². The first-order valence-corrected chi connectivity index (χ1v) is 5.97. The van der Waals surface area contributed by atoms with E-state index < -0.39 is 0 Å². The molecular weight excluding hydrogens is 305 g/mol. The minimum atomic E-state index is 0.278. The molecule has 0 saturated heterocycles. The van der Waals surface area contributed by atoms with Crippen molar-refractivity contribution in [3.8, 4) is 5.88 Å². The number of nitrogens with two attached hydrogens (primary N) is 1. The van der Waals surface area contributed by atoms with Gasteiger partial charge in [0.2, 0.25) is 0 Å². The van der Waals surface area contributed by atoms with Gasteiger partial charge >= 0.3 is 0 Å². The third-order valence-corrected chi connectivity index (χ3v) is 3.26. The Balaban J connectivity index is 2.08. The van der Waals surface area contributed by atoms with Gasteiger partial charge in [-0.25, -0.2) is 9.97 Å². The van der Waals surface area contributed by atoms with Crippen molar-refractivity contribution >= 4 is 33.3 Å². The van der Waals surface area contributed by atoms with Gasteiger partial charge < -0.3 is 10.5 Å². The summed E-state index contributed by atoms with van der Waals surface area (Å²) in [5.74, 6) is 0.610. The van der Waals surface area contributed by atoms with Crippen LogP contribution in [0.4, 0.5) is 5.82 Å². The number of ether oxygens (including phenoxy) is 1. The predicted molar refractivity (Wildman–Crippen MR) is 69.9 cm³/mol. The van der Waals surface area contributed by atoms with E-state index in [0.29, 0.717) is 17.5 Å². The topological polar surface area (TPSA) is 61.0 Å². The van der Waals surface area contributed by atoms with Crippen molar-refractivity contribution in [2.75, 3.05) is 5.73 Å². The molecule has 0 atom stereocenters. The third-order valence-electron chi connectivity index (χ3n) is 2.05. The van der Waals surface area contributed by atoms with Gasteiger partial charge in [-0.1, -0.05) is 17.7 Å². The summed E-state index contributed by atoms with van der Waals surface area (Å²) in [5.41, 5.74) is 6.57. The molecule has 4 nitrogen and oxygen atoms in total. The number of halogens is 2. The van der Waals surface area contributed by atoms with Crippen LogP contribution in [-0.4, -0.2) is 9.97 Å². The highest BCUT2D eigenvalue weighted by Crippen LogP contribution is 2.24. The van der Waals surface area contributed by atoms with Crippen LogP contribution in [0.15, 0.2) is 35.1 Å². The maximum absolute atomic E-state index is 5.89. The largest absolute Gasteiger partial charge is 0.470 e. The van der Waals surface area contributed by atoms with Crippen molar-refractivity contribution in [1.29, 1.82) is 0 Å². The number of anilines is 1. The number of hydrogen-bond donors (Lipinski definition) is 1. The van der Waals surface area contributed by atoms with E-state index in [1.165, 1.54) is 12.4 Å². The zero-order chi connectivity index (χ0) is 12.3. The molecule has 17 heavy (non-hydrogen) atoms. The lowest BCUT2D eigenvalue weighted by Crippen LogP contribution is -2.02. The number of benzene rings is 1. The molecule has 0 fully saturated rings. The molecule has 0 aliphatic rings. The van der Waals surface area contributed by atoms with E-state index in [0.717, 1.165) is 10.0 Å². The molecule has 6 heteroatoms. The van der Waals surface area contributed by atoms with E-state index in [-0.39, 0.29) is 5.82 Å². The molecule has 2 rings (SSSR count). The first kappa shape index (κ1) is 12.1. The van der Waals surface area contributed by atoms with Gasteiger partial charge in [0, 0.05) is 16.9 Å². The standard InChI is InChI=1S/C11H9BrClN3O/c12-8-5-7(1-2-9(8)13)6-17-11-10(14)15-3-4-16-11/h1-5H,6H2,(H2,14,15). The SMILES string of the molecule is Nc1nccnc1OCc1ccc(Cl)c(Br)c1. The van der Waals surface area contributed by atoms with Gasteiger partial charge in [-0.2, -0.15) is 0 Å². The second kappa shape index (κ2) is 5.33. The zero-order valence-electron chi connectivity index (χ0n) is 8.73. The van der Waals surface area contributed by atoms with E-state index in [1.807, 2.05) is 12.1 Å². The maximum Gasteiger partial charge on any atom is 0.257 e. The summed E-state index contributed by atoms with van der Waals surface area (Å²) in [6.07, 6.45) is 3.05. The Morgan fingerprint density at radius 3 is 2.76 bits per heavy atom. The second-order valence-corrected chi connectivity index (χ2v) is 4.55. The highest BCUT2D eigenvalue weighted by atomic mass is 79.9. The molecule has 0 saturated carbocycles. The van der Waals surface area contributed by atoms with Gasteiger partial charge in [0.05, 0.1) is 5.02 Å². The minimum Gasteiger partial charge on any atom is -0.470 e. The normalized spacial score (nSPS) is 10.2. The lowest BCUT2D eigenvalue weighted by molar-refractivity contribution is 0.294. The minimum absolute atomic E-state index is 0.278. The van der Waals surface area contributed by atoms with Gasteiger partial charge in [-0.3, -0.25) is 0 Å². The smallest absolute Gasteiger partial charge is 0.257 e. The van der Waals surface area contributed by atoms with E-state index in [2.05, 4.69) is 25.9 Å². The summed E-state index contributed by atoms with van der Waals surface area (Å²) >= 11 is 9.24. The van der Waals surface area contributed by atoms with Gasteiger partial charge in [0.1, 0.15) is 6.61 Å². The fraction of sp³-hybridized carbons (Fsp3) is 0.0909. The van der Waals surface area contributed by atoms with Crippen LogP contribution in [0, 0.1) is 0 Å². The quantitative estimate of drug-likeness (QED) is 0.946. The van der Waals surface area contributed by atoms with Crippen molar-refractivity contribution in [3.05, 3.63) is 45.7 Å². The Morgan fingerprint density at radius 1 is 1.29 bits per heavy atom. The highest BCUT2D eigenvalue weighted by molar-refractivity contribution is 9.10. The van der Waals surface area contributed by atoms with Crippen molar-refractivity contribution < 1.29 is 4.74 Å². The number of nitrogen functional groups attached to an aromatic ring is 1. The first-order valence-electron chi connectivity index (χ1n) is 4.80. The molecule has 1 aromatic carbocycles. The summed E-state index contributed by atoms with van der Waals surface area (Å²) in [6, 6.07) is 5.55. The average Bonchev–Trinajstić information content (AvgIpc) is 2.32. The van der Waals surface area contributed by atoms with Crippen LogP contribution in [0.3, 0.4) is 0 Å². The molecule has 2 N–H and O–H groups in total. The van der Waals surface area contributed by atoms with Gasteiger partial charge in [0.25, 0.3) is 5.88 Å². The average molecular weight is 315 g/mol. The lowest BCUT2D eigenvalue weighted by Gasteiger charge is -2.07. The number of rotatable bonds is 3. The maximum atomic E-state index is 5.89. The van der Waals surface area contributed by atoms with Crippen LogP contribution in [0.2, 0.25) is 5.02 Å². The van der Waals surface area contributed by atoms with E-state index in [4.69, 9.17) is 22.1 Å². The molecule has 0 spiro atoms. The molecule has 0 amide bonds. The highest BCUT2D eigenvalue weighted by Gasteiger charge is 2.04. The first-order chi connectivity index (χ1) is 8.16. The summed E-state index contributed by atoms with van der Waals surface area (Å²) < 4.78 is 6.28. The lowest BCUT2D eigenvalue weighted by atomic mass is 10.2. The van der Waals surface area contributed by atoms with Gasteiger partial charge in [0.15, 0.2) is 5.82 Å². The van der Waals surface area contributed by atoms with E-state index in [1.54, 1.807) is 6.07 Å². The number of hydrogen-bond acceptors (Lipinski definition) is 4. The summed E-state index contributed by atoms with van der Waals surface area (Å²) in [5, 5.41) is 0.660. The Kier molecular flexibility index (Phi) is 3.81. The zero-order valence-corrected chi connectivity index (χ0v) is 11.1. The molecule has 0 unspecified atom stereocenters. The van der Waals surface area contributed by atoms with Crippen LogP contribution in [-0.2, 0) is 6.61 Å². The fourth-order valence-electron chi connectivity index (χ4n) is 1.23. The summed E-state index contributed by atoms with van der Waals surface area (Å²) in [4.78, 5) is 7.87. The number of aromatic nitrogens is 2. The van der Waals surface area contributed by atoms with Crippen LogP contribution in [0.5, 0.6) is 5.88 Å². The molecule has 1 aromatic heterocycles. The fourth-order valence-corrected chi connectivity index (χ4v) is 1.77. The van der Waals surface area contributed by atoms with Gasteiger partial charge in [-0.05, 0) is 33.6 Å². The Bertz CT molecular complexity index is 536.